The van der Waals surface area contributed by atoms with Gasteiger partial charge in [-0.05, 0) is 25.2 Å². The van der Waals surface area contributed by atoms with Crippen LogP contribution >= 0.6 is 11.3 Å². The summed E-state index contributed by atoms with van der Waals surface area (Å²) in [5.74, 6) is -0.435. The van der Waals surface area contributed by atoms with Crippen LogP contribution in [-0.4, -0.2) is 54.6 Å². The van der Waals surface area contributed by atoms with Gasteiger partial charge in [0.05, 0.1) is 18.6 Å². The van der Waals surface area contributed by atoms with E-state index in [0.717, 1.165) is 15.6 Å². The zero-order chi connectivity index (χ0) is 18.6. The van der Waals surface area contributed by atoms with E-state index in [2.05, 4.69) is 10.3 Å². The second-order valence-electron chi connectivity index (χ2n) is 6.54. The van der Waals surface area contributed by atoms with Crippen LogP contribution in [0.3, 0.4) is 0 Å². The molecule has 25 heavy (non-hydrogen) atoms. The minimum absolute atomic E-state index is 0.0262. The number of nitrogens with two attached hydrogens (primary N) is 1. The Morgan fingerprint density at radius 1 is 1.52 bits per heavy atom. The first-order valence-corrected chi connectivity index (χ1v) is 10.5. The number of rotatable bonds is 6. The number of carbonyl (C=O) groups is 2. The molecule has 1 amide bonds. The highest BCUT2D eigenvalue weighted by molar-refractivity contribution is 7.91. The highest BCUT2D eigenvalue weighted by atomic mass is 32.2. The quantitative estimate of drug-likeness (QED) is 0.725. The number of thiazole rings is 1. The summed E-state index contributed by atoms with van der Waals surface area (Å²) in [5.41, 5.74) is 5.84. The molecule has 140 valence electrons. The molecule has 1 fully saturated rings. The lowest BCUT2D eigenvalue weighted by Gasteiger charge is -2.20. The van der Waals surface area contributed by atoms with Crippen molar-refractivity contribution in [2.24, 2.45) is 11.7 Å². The van der Waals surface area contributed by atoms with Crippen molar-refractivity contribution in [3.05, 3.63) is 11.6 Å². The molecular formula is C15H24N4O4S2. The topological polar surface area (TPSA) is 122 Å². The summed E-state index contributed by atoms with van der Waals surface area (Å²) < 4.78 is 26.1. The van der Waals surface area contributed by atoms with Crippen molar-refractivity contribution in [1.29, 1.82) is 0 Å². The highest BCUT2D eigenvalue weighted by Crippen LogP contribution is 2.21. The molecule has 0 spiro atoms. The van der Waals surface area contributed by atoms with Crippen LogP contribution in [0.5, 0.6) is 0 Å². The maximum atomic E-state index is 12.5. The van der Waals surface area contributed by atoms with E-state index < -0.39 is 22.1 Å². The average molecular weight is 389 g/mol. The Balaban J connectivity index is 2.03. The van der Waals surface area contributed by atoms with E-state index in [4.69, 9.17) is 5.73 Å². The molecule has 1 aromatic heterocycles. The SMILES string of the molecule is CC(C)C[C@H](N)C(=O)NC1CCCN(S(=O)(=O)c2nccs2)CC1=O. The molecule has 8 nitrogen and oxygen atoms in total. The van der Waals surface area contributed by atoms with Gasteiger partial charge < -0.3 is 11.1 Å². The molecule has 0 aliphatic carbocycles. The minimum atomic E-state index is -3.78. The maximum absolute atomic E-state index is 12.5. The van der Waals surface area contributed by atoms with E-state index in [1.54, 1.807) is 5.38 Å². The Labute approximate surface area is 151 Å². The van der Waals surface area contributed by atoms with Crippen LogP contribution in [0.15, 0.2) is 15.9 Å². The van der Waals surface area contributed by atoms with Crippen LogP contribution in [0, 0.1) is 5.92 Å². The molecular weight excluding hydrogens is 364 g/mol. The largest absolute Gasteiger partial charge is 0.345 e. The third-order valence-corrected chi connectivity index (χ3v) is 6.99. The molecule has 1 aromatic rings. The molecule has 1 saturated heterocycles. The normalized spacial score (nSPS) is 21.1. The Bertz CT molecular complexity index is 703. The summed E-state index contributed by atoms with van der Waals surface area (Å²) in [7, 11) is -3.78. The Morgan fingerprint density at radius 3 is 2.84 bits per heavy atom. The predicted octanol–water partition coefficient (Wildman–Crippen LogP) is 0.355. The van der Waals surface area contributed by atoms with Gasteiger partial charge in [-0.1, -0.05) is 13.8 Å². The van der Waals surface area contributed by atoms with Gasteiger partial charge in [0, 0.05) is 18.1 Å². The minimum Gasteiger partial charge on any atom is -0.345 e. The lowest BCUT2D eigenvalue weighted by atomic mass is 10.0. The first-order valence-electron chi connectivity index (χ1n) is 8.20. The van der Waals surface area contributed by atoms with Crippen molar-refractivity contribution in [2.75, 3.05) is 13.1 Å². The van der Waals surface area contributed by atoms with Gasteiger partial charge in [-0.2, -0.15) is 4.31 Å². The van der Waals surface area contributed by atoms with E-state index >= 15 is 0 Å². The van der Waals surface area contributed by atoms with Crippen molar-refractivity contribution >= 4 is 33.1 Å². The summed E-state index contributed by atoms with van der Waals surface area (Å²) in [6.07, 6.45) is 2.80. The van der Waals surface area contributed by atoms with Gasteiger partial charge in [-0.15, -0.1) is 11.3 Å². The number of aromatic nitrogens is 1. The van der Waals surface area contributed by atoms with Crippen LogP contribution < -0.4 is 11.1 Å². The van der Waals surface area contributed by atoms with Crippen molar-refractivity contribution in [1.82, 2.24) is 14.6 Å². The zero-order valence-corrected chi connectivity index (χ0v) is 16.0. The van der Waals surface area contributed by atoms with Gasteiger partial charge in [0.15, 0.2) is 5.78 Å². The number of sulfonamides is 1. The van der Waals surface area contributed by atoms with E-state index in [9.17, 15) is 18.0 Å². The number of nitrogens with one attached hydrogen (secondary N) is 1. The van der Waals surface area contributed by atoms with E-state index in [-0.39, 0.29) is 35.0 Å². The Kier molecular flexibility index (Phi) is 6.66. The number of hydrogen-bond acceptors (Lipinski definition) is 7. The van der Waals surface area contributed by atoms with Crippen LogP contribution in [0.2, 0.25) is 0 Å². The van der Waals surface area contributed by atoms with Gasteiger partial charge in [-0.25, -0.2) is 13.4 Å². The fraction of sp³-hybridized carbons (Fsp3) is 0.667. The van der Waals surface area contributed by atoms with Gasteiger partial charge >= 0.3 is 0 Å². The molecule has 2 rings (SSSR count). The first kappa shape index (κ1) is 20.0. The summed E-state index contributed by atoms with van der Waals surface area (Å²) in [6, 6.07) is -1.38. The third kappa shape index (κ3) is 5.06. The van der Waals surface area contributed by atoms with E-state index in [1.807, 2.05) is 13.8 Å². The van der Waals surface area contributed by atoms with Gasteiger partial charge in [0.1, 0.15) is 0 Å². The van der Waals surface area contributed by atoms with Crippen molar-refractivity contribution in [3.8, 4) is 0 Å². The lowest BCUT2D eigenvalue weighted by molar-refractivity contribution is -0.128. The maximum Gasteiger partial charge on any atom is 0.270 e. The number of hydrogen-bond donors (Lipinski definition) is 2. The predicted molar refractivity (Wildman–Crippen MR) is 94.5 cm³/mol. The second-order valence-corrected chi connectivity index (χ2v) is 9.55. The van der Waals surface area contributed by atoms with E-state index in [1.165, 1.54) is 6.20 Å². The van der Waals surface area contributed by atoms with Crippen LogP contribution in [-0.2, 0) is 19.6 Å². The Hall–Kier alpha value is -1.36. The number of amides is 1. The second kappa shape index (κ2) is 8.35. The fourth-order valence-electron chi connectivity index (χ4n) is 2.70. The molecule has 10 heteroatoms. The zero-order valence-electron chi connectivity index (χ0n) is 14.3. The van der Waals surface area contributed by atoms with E-state index in [0.29, 0.717) is 19.3 Å². The van der Waals surface area contributed by atoms with Crippen molar-refractivity contribution in [2.45, 2.75) is 49.5 Å². The lowest BCUT2D eigenvalue weighted by Crippen LogP contribution is -2.50. The summed E-state index contributed by atoms with van der Waals surface area (Å²) >= 11 is 1.01. The number of carbonyl (C=O) groups excluding carboxylic acids is 2. The van der Waals surface area contributed by atoms with Crippen molar-refractivity contribution in [3.63, 3.8) is 0 Å². The molecule has 0 bridgehead atoms. The number of ketones is 1. The van der Waals surface area contributed by atoms with Crippen LogP contribution in [0.25, 0.3) is 0 Å². The number of Topliss-reactive ketones (excluding diaryl/α,β-unsaturated/α-hetero) is 1. The molecule has 1 aliphatic rings. The smallest absolute Gasteiger partial charge is 0.270 e. The van der Waals surface area contributed by atoms with Gasteiger partial charge in [0.2, 0.25) is 10.2 Å². The fourth-order valence-corrected chi connectivity index (χ4v) is 5.11. The van der Waals surface area contributed by atoms with Crippen molar-refractivity contribution < 1.29 is 18.0 Å². The molecule has 2 atom stereocenters. The average Bonchev–Trinajstić information content (AvgIpc) is 3.00. The molecule has 1 aliphatic heterocycles. The van der Waals surface area contributed by atoms with Gasteiger partial charge in [-0.3, -0.25) is 9.59 Å². The number of nitrogens with zero attached hydrogens (tertiary/aromatic N) is 2. The molecule has 0 radical (unpaired) electrons. The molecule has 1 unspecified atom stereocenters. The molecule has 2 heterocycles. The van der Waals surface area contributed by atoms with Crippen LogP contribution in [0.1, 0.15) is 33.1 Å². The molecule has 0 saturated carbocycles. The summed E-state index contributed by atoms with van der Waals surface area (Å²) in [5, 5.41) is 4.25. The first-order chi connectivity index (χ1) is 11.7. The van der Waals surface area contributed by atoms with Gasteiger partial charge in [0.25, 0.3) is 10.0 Å². The third-order valence-electron chi connectivity index (χ3n) is 3.97. The Morgan fingerprint density at radius 2 is 2.24 bits per heavy atom. The highest BCUT2D eigenvalue weighted by Gasteiger charge is 2.34. The van der Waals surface area contributed by atoms with Crippen LogP contribution in [0.4, 0.5) is 0 Å². The summed E-state index contributed by atoms with van der Waals surface area (Å²) in [4.78, 5) is 28.4. The summed E-state index contributed by atoms with van der Waals surface area (Å²) in [6.45, 7) is 3.88. The standard InChI is InChI=1S/C15H24N4O4S2/c1-10(2)8-11(16)14(21)18-12-4-3-6-19(9-13(12)20)25(22,23)15-17-5-7-24-15/h5,7,10-12H,3-4,6,8-9,16H2,1-2H3,(H,18,21)/t11-,12?/m0/s1. The monoisotopic (exact) mass is 388 g/mol. The molecule has 3 N–H and O–H groups in total. The molecule has 0 aromatic carbocycles.